The fraction of sp³-hybridized carbons (Fsp3) is 0.235. The van der Waals surface area contributed by atoms with Crippen LogP contribution < -0.4 is 10.6 Å². The van der Waals surface area contributed by atoms with Crippen LogP contribution in [-0.2, 0) is 22.1 Å². The standard InChI is InChI=1S/C17H20N2O3S/c1-18-15-9-7-13(8-10-15)11-19-17(20)16-6-4-3-5-14(16)12-23(2,21)22/h3-10,18H,11-12H2,1-2H3,(H,19,20). The van der Waals surface area contributed by atoms with Gasteiger partial charge in [-0.3, -0.25) is 4.79 Å². The summed E-state index contributed by atoms with van der Waals surface area (Å²) in [5, 5.41) is 5.85. The van der Waals surface area contributed by atoms with Gasteiger partial charge >= 0.3 is 0 Å². The Morgan fingerprint density at radius 2 is 1.70 bits per heavy atom. The molecule has 0 fully saturated rings. The quantitative estimate of drug-likeness (QED) is 0.850. The third-order valence-electron chi connectivity index (χ3n) is 3.38. The summed E-state index contributed by atoms with van der Waals surface area (Å²) < 4.78 is 23.0. The van der Waals surface area contributed by atoms with Crippen molar-refractivity contribution in [2.75, 3.05) is 18.6 Å². The monoisotopic (exact) mass is 332 g/mol. The maximum atomic E-state index is 12.3. The third kappa shape index (κ3) is 5.10. The summed E-state index contributed by atoms with van der Waals surface area (Å²) >= 11 is 0. The number of rotatable bonds is 6. The smallest absolute Gasteiger partial charge is 0.251 e. The van der Waals surface area contributed by atoms with Crippen LogP contribution in [0.1, 0.15) is 21.5 Å². The number of benzene rings is 2. The predicted octanol–water partition coefficient (Wildman–Crippen LogP) is 2.20. The van der Waals surface area contributed by atoms with Gasteiger partial charge in [-0.2, -0.15) is 0 Å². The van der Waals surface area contributed by atoms with Crippen molar-refractivity contribution in [3.05, 3.63) is 65.2 Å². The van der Waals surface area contributed by atoms with Crippen LogP contribution in [0.25, 0.3) is 0 Å². The lowest BCUT2D eigenvalue weighted by molar-refractivity contribution is 0.0950. The van der Waals surface area contributed by atoms with Crippen LogP contribution in [-0.4, -0.2) is 27.6 Å². The van der Waals surface area contributed by atoms with E-state index >= 15 is 0 Å². The molecule has 0 heterocycles. The molecule has 0 spiro atoms. The van der Waals surface area contributed by atoms with Crippen molar-refractivity contribution in [3.8, 4) is 0 Å². The number of amides is 1. The van der Waals surface area contributed by atoms with Gasteiger partial charge in [0.15, 0.2) is 9.84 Å². The maximum absolute atomic E-state index is 12.3. The van der Waals surface area contributed by atoms with Crippen molar-refractivity contribution in [1.82, 2.24) is 5.32 Å². The van der Waals surface area contributed by atoms with E-state index in [4.69, 9.17) is 0 Å². The fourth-order valence-electron chi connectivity index (χ4n) is 2.22. The molecular formula is C17H20N2O3S. The first-order valence-corrected chi connectivity index (χ1v) is 9.25. The molecule has 0 bridgehead atoms. The molecule has 0 atom stereocenters. The first-order valence-electron chi connectivity index (χ1n) is 7.19. The van der Waals surface area contributed by atoms with Gasteiger partial charge in [-0.25, -0.2) is 8.42 Å². The molecule has 0 unspecified atom stereocenters. The van der Waals surface area contributed by atoms with Crippen molar-refractivity contribution >= 4 is 21.4 Å². The molecule has 2 aromatic carbocycles. The van der Waals surface area contributed by atoms with E-state index in [1.54, 1.807) is 24.3 Å². The average Bonchev–Trinajstić information content (AvgIpc) is 2.52. The third-order valence-corrected chi connectivity index (χ3v) is 4.21. The van der Waals surface area contributed by atoms with Crippen molar-refractivity contribution in [2.24, 2.45) is 0 Å². The number of sulfone groups is 1. The lowest BCUT2D eigenvalue weighted by Crippen LogP contribution is -2.24. The Morgan fingerprint density at radius 3 is 2.30 bits per heavy atom. The Labute approximate surface area is 136 Å². The van der Waals surface area contributed by atoms with E-state index in [1.807, 2.05) is 31.3 Å². The Morgan fingerprint density at radius 1 is 1.04 bits per heavy atom. The van der Waals surface area contributed by atoms with Crippen LogP contribution in [0.15, 0.2) is 48.5 Å². The summed E-state index contributed by atoms with van der Waals surface area (Å²) in [7, 11) is -1.35. The molecule has 0 saturated carbocycles. The second-order valence-corrected chi connectivity index (χ2v) is 7.50. The molecule has 122 valence electrons. The van der Waals surface area contributed by atoms with Crippen LogP contribution in [0.3, 0.4) is 0 Å². The van der Waals surface area contributed by atoms with Crippen LogP contribution in [0.2, 0.25) is 0 Å². The van der Waals surface area contributed by atoms with Crippen molar-refractivity contribution in [1.29, 1.82) is 0 Å². The largest absolute Gasteiger partial charge is 0.388 e. The van der Waals surface area contributed by atoms with Gasteiger partial charge in [0.1, 0.15) is 0 Å². The van der Waals surface area contributed by atoms with E-state index in [9.17, 15) is 13.2 Å². The molecule has 2 N–H and O–H groups in total. The zero-order chi connectivity index (χ0) is 16.9. The zero-order valence-corrected chi connectivity index (χ0v) is 14.0. The summed E-state index contributed by atoms with van der Waals surface area (Å²) in [6.07, 6.45) is 1.16. The molecule has 2 aromatic rings. The molecule has 0 radical (unpaired) electrons. The molecule has 0 aliphatic rings. The summed E-state index contributed by atoms with van der Waals surface area (Å²) in [5.74, 6) is -0.421. The number of carbonyl (C=O) groups excluding carboxylic acids is 1. The van der Waals surface area contributed by atoms with Gasteiger partial charge in [0.05, 0.1) is 5.75 Å². The summed E-state index contributed by atoms with van der Waals surface area (Å²) in [6.45, 7) is 0.385. The molecule has 23 heavy (non-hydrogen) atoms. The van der Waals surface area contributed by atoms with Gasteiger partial charge in [-0.05, 0) is 29.3 Å². The Kier molecular flexibility index (Phi) is 5.39. The minimum Gasteiger partial charge on any atom is -0.388 e. The first kappa shape index (κ1) is 17.0. The minimum atomic E-state index is -3.19. The summed E-state index contributed by atoms with van der Waals surface area (Å²) in [4.78, 5) is 12.3. The van der Waals surface area contributed by atoms with Crippen LogP contribution in [0.4, 0.5) is 5.69 Å². The predicted molar refractivity (Wildman–Crippen MR) is 92.1 cm³/mol. The maximum Gasteiger partial charge on any atom is 0.251 e. The zero-order valence-electron chi connectivity index (χ0n) is 13.2. The molecular weight excluding hydrogens is 312 g/mol. The molecule has 2 rings (SSSR count). The number of carbonyl (C=O) groups is 1. The number of hydrogen-bond donors (Lipinski definition) is 2. The van der Waals surface area contributed by atoms with E-state index in [0.717, 1.165) is 17.5 Å². The van der Waals surface area contributed by atoms with Gasteiger partial charge in [0.2, 0.25) is 0 Å². The second-order valence-electron chi connectivity index (χ2n) is 5.36. The van der Waals surface area contributed by atoms with Crippen molar-refractivity contribution in [2.45, 2.75) is 12.3 Å². The van der Waals surface area contributed by atoms with Gasteiger partial charge < -0.3 is 10.6 Å². The Balaban J connectivity index is 2.08. The van der Waals surface area contributed by atoms with Crippen LogP contribution in [0, 0.1) is 0 Å². The van der Waals surface area contributed by atoms with Crippen LogP contribution in [0.5, 0.6) is 0 Å². The lowest BCUT2D eigenvalue weighted by Gasteiger charge is -2.10. The van der Waals surface area contributed by atoms with Crippen molar-refractivity contribution < 1.29 is 13.2 Å². The van der Waals surface area contributed by atoms with Gasteiger partial charge in [-0.15, -0.1) is 0 Å². The van der Waals surface area contributed by atoms with Crippen LogP contribution >= 0.6 is 0 Å². The van der Waals surface area contributed by atoms with Gasteiger partial charge in [-0.1, -0.05) is 30.3 Å². The minimum absolute atomic E-state index is 0.145. The molecule has 6 heteroatoms. The number of hydrogen-bond acceptors (Lipinski definition) is 4. The average molecular weight is 332 g/mol. The highest BCUT2D eigenvalue weighted by Crippen LogP contribution is 2.13. The SMILES string of the molecule is CNc1ccc(CNC(=O)c2ccccc2CS(C)(=O)=O)cc1. The topological polar surface area (TPSA) is 75.3 Å². The Bertz CT molecular complexity index is 784. The molecule has 0 aliphatic carbocycles. The fourth-order valence-corrected chi connectivity index (χ4v) is 3.03. The molecule has 1 amide bonds. The molecule has 0 saturated heterocycles. The van der Waals surface area contributed by atoms with Gasteiger partial charge in [0, 0.05) is 31.1 Å². The summed E-state index contributed by atoms with van der Waals surface area (Å²) in [6, 6.07) is 14.5. The highest BCUT2D eigenvalue weighted by molar-refractivity contribution is 7.89. The van der Waals surface area contributed by atoms with E-state index in [2.05, 4.69) is 10.6 Å². The highest BCUT2D eigenvalue weighted by Gasteiger charge is 2.14. The molecule has 0 aliphatic heterocycles. The first-order chi connectivity index (χ1) is 10.9. The van der Waals surface area contributed by atoms with Gasteiger partial charge in [0.25, 0.3) is 5.91 Å². The van der Waals surface area contributed by atoms with E-state index in [1.165, 1.54) is 0 Å². The lowest BCUT2D eigenvalue weighted by atomic mass is 10.1. The normalized spacial score (nSPS) is 11.0. The highest BCUT2D eigenvalue weighted by atomic mass is 32.2. The van der Waals surface area contributed by atoms with E-state index in [-0.39, 0.29) is 11.7 Å². The molecule has 0 aromatic heterocycles. The summed E-state index contributed by atoms with van der Waals surface area (Å²) in [5.41, 5.74) is 2.87. The van der Waals surface area contributed by atoms with E-state index in [0.29, 0.717) is 17.7 Å². The number of anilines is 1. The number of nitrogens with one attached hydrogen (secondary N) is 2. The van der Waals surface area contributed by atoms with E-state index < -0.39 is 9.84 Å². The second kappa shape index (κ2) is 7.28. The Hall–Kier alpha value is -2.34. The molecule has 5 nitrogen and oxygen atoms in total. The van der Waals surface area contributed by atoms with Crippen molar-refractivity contribution in [3.63, 3.8) is 0 Å².